The number of rotatable bonds is 11. The molecule has 1 heterocycles. The summed E-state index contributed by atoms with van der Waals surface area (Å²) in [6.45, 7) is 0.857. The number of aldehydes is 1. The first-order chi connectivity index (χ1) is 21.2. The van der Waals surface area contributed by atoms with Gasteiger partial charge >= 0.3 is 0 Å². The molecule has 0 spiro atoms. The number of methoxy groups -OCH3 is 1. The molecule has 0 saturated carbocycles. The molecule has 0 unspecified atom stereocenters. The quantitative estimate of drug-likeness (QED) is 0.148. The van der Waals surface area contributed by atoms with Crippen LogP contribution in [0.25, 0.3) is 28.3 Å². The fourth-order valence-electron chi connectivity index (χ4n) is 4.90. The summed E-state index contributed by atoms with van der Waals surface area (Å²) >= 11 is 0. The van der Waals surface area contributed by atoms with Crippen molar-refractivity contribution in [2.45, 2.75) is 13.2 Å². The molecule has 0 radical (unpaired) electrons. The lowest BCUT2D eigenvalue weighted by Crippen LogP contribution is -2.01. The standard InChI is InChI=1S/C37H30N2O4/c1-41-36-22-30(21-20-29(36)24-40)39-23-33(31-16-8-10-18-34(31)42-25-27-12-4-2-5-13-27)38-37(39)32-17-9-11-19-35(32)43-26-28-14-6-3-7-15-28/h2-24H,25-26H2,1H3. The third-order valence-electron chi connectivity index (χ3n) is 7.09. The Morgan fingerprint density at radius 3 is 1.81 bits per heavy atom. The average molecular weight is 567 g/mol. The highest BCUT2D eigenvalue weighted by atomic mass is 16.5. The molecule has 0 saturated heterocycles. The SMILES string of the molecule is COc1cc(-n2cc(-c3ccccc3OCc3ccccc3)nc2-c2ccccc2OCc2ccccc2)ccc1C=O. The number of benzene rings is 5. The number of imidazole rings is 1. The van der Waals surface area contributed by atoms with Gasteiger partial charge in [-0.05, 0) is 47.5 Å². The molecule has 5 aromatic carbocycles. The summed E-state index contributed by atoms with van der Waals surface area (Å²) < 4.78 is 20.1. The number of hydrogen-bond donors (Lipinski definition) is 0. The Hall–Kier alpha value is -5.62. The van der Waals surface area contributed by atoms with Gasteiger partial charge in [-0.15, -0.1) is 0 Å². The number of para-hydroxylation sites is 2. The summed E-state index contributed by atoms with van der Waals surface area (Å²) in [5.41, 5.74) is 5.82. The topological polar surface area (TPSA) is 62.6 Å². The monoisotopic (exact) mass is 566 g/mol. The van der Waals surface area contributed by atoms with Crippen LogP contribution in [0.15, 0.2) is 134 Å². The lowest BCUT2D eigenvalue weighted by Gasteiger charge is -2.14. The van der Waals surface area contributed by atoms with Gasteiger partial charge in [0, 0.05) is 17.8 Å². The molecule has 0 aliphatic carbocycles. The van der Waals surface area contributed by atoms with E-state index in [1.807, 2.05) is 132 Å². The molecular formula is C37H30N2O4. The molecule has 6 heteroatoms. The van der Waals surface area contributed by atoms with E-state index in [1.54, 1.807) is 13.2 Å². The molecule has 0 aliphatic rings. The van der Waals surface area contributed by atoms with Gasteiger partial charge in [0.25, 0.3) is 0 Å². The van der Waals surface area contributed by atoms with E-state index in [0.717, 1.165) is 45.7 Å². The predicted molar refractivity (Wildman–Crippen MR) is 168 cm³/mol. The van der Waals surface area contributed by atoms with Gasteiger partial charge in [-0.25, -0.2) is 4.98 Å². The number of hydrogen-bond acceptors (Lipinski definition) is 5. The van der Waals surface area contributed by atoms with E-state index in [4.69, 9.17) is 19.2 Å². The highest BCUT2D eigenvalue weighted by molar-refractivity contribution is 5.81. The van der Waals surface area contributed by atoms with Crippen LogP contribution in [-0.4, -0.2) is 22.9 Å². The predicted octanol–water partition coefficient (Wildman–Crippen LogP) is 8.19. The Bertz CT molecular complexity index is 1830. The van der Waals surface area contributed by atoms with E-state index in [9.17, 15) is 4.79 Å². The third kappa shape index (κ3) is 6.19. The van der Waals surface area contributed by atoms with E-state index in [2.05, 4.69) is 0 Å². The van der Waals surface area contributed by atoms with E-state index >= 15 is 0 Å². The Balaban J connectivity index is 1.44. The summed E-state index contributed by atoms with van der Waals surface area (Å²) in [6, 6.07) is 41.3. The maximum Gasteiger partial charge on any atom is 0.153 e. The van der Waals surface area contributed by atoms with Gasteiger partial charge in [-0.2, -0.15) is 0 Å². The summed E-state index contributed by atoms with van der Waals surface area (Å²) in [4.78, 5) is 16.8. The second-order valence-corrected chi connectivity index (χ2v) is 9.90. The van der Waals surface area contributed by atoms with Gasteiger partial charge in [-0.3, -0.25) is 9.36 Å². The molecule has 212 valence electrons. The largest absolute Gasteiger partial charge is 0.496 e. The highest BCUT2D eigenvalue weighted by Crippen LogP contribution is 2.37. The fourth-order valence-corrected chi connectivity index (χ4v) is 4.90. The van der Waals surface area contributed by atoms with Crippen LogP contribution >= 0.6 is 0 Å². The fraction of sp³-hybridized carbons (Fsp3) is 0.0811. The van der Waals surface area contributed by atoms with E-state index in [-0.39, 0.29) is 0 Å². The van der Waals surface area contributed by atoms with Crippen molar-refractivity contribution < 1.29 is 19.0 Å². The Labute approximate surface area is 250 Å². The van der Waals surface area contributed by atoms with Crippen LogP contribution < -0.4 is 14.2 Å². The van der Waals surface area contributed by atoms with E-state index in [1.165, 1.54) is 0 Å². The van der Waals surface area contributed by atoms with E-state index < -0.39 is 0 Å². The Morgan fingerprint density at radius 1 is 0.651 bits per heavy atom. The zero-order valence-corrected chi connectivity index (χ0v) is 23.7. The molecule has 6 rings (SSSR count). The molecule has 0 N–H and O–H groups in total. The minimum absolute atomic E-state index is 0.420. The van der Waals surface area contributed by atoms with Crippen LogP contribution in [0.2, 0.25) is 0 Å². The van der Waals surface area contributed by atoms with Crippen LogP contribution in [0, 0.1) is 0 Å². The van der Waals surface area contributed by atoms with Gasteiger partial charge in [0.2, 0.25) is 0 Å². The smallest absolute Gasteiger partial charge is 0.153 e. The molecule has 0 aliphatic heterocycles. The van der Waals surface area contributed by atoms with Crippen molar-refractivity contribution in [3.05, 3.63) is 150 Å². The van der Waals surface area contributed by atoms with Gasteiger partial charge in [0.15, 0.2) is 6.29 Å². The van der Waals surface area contributed by atoms with Crippen LogP contribution in [-0.2, 0) is 13.2 Å². The normalized spacial score (nSPS) is 10.7. The van der Waals surface area contributed by atoms with Crippen molar-refractivity contribution >= 4 is 6.29 Å². The molecule has 6 aromatic rings. The molecule has 1 aromatic heterocycles. The van der Waals surface area contributed by atoms with Crippen LogP contribution in [0.3, 0.4) is 0 Å². The number of ether oxygens (including phenoxy) is 3. The van der Waals surface area contributed by atoms with E-state index in [0.29, 0.717) is 36.1 Å². The maximum absolute atomic E-state index is 11.6. The van der Waals surface area contributed by atoms with Crippen molar-refractivity contribution in [2.24, 2.45) is 0 Å². The minimum Gasteiger partial charge on any atom is -0.496 e. The molecule has 0 bridgehead atoms. The second kappa shape index (κ2) is 12.9. The summed E-state index contributed by atoms with van der Waals surface area (Å²) in [5, 5.41) is 0. The summed E-state index contributed by atoms with van der Waals surface area (Å²) in [5.74, 6) is 2.59. The lowest BCUT2D eigenvalue weighted by atomic mass is 10.1. The first-order valence-electron chi connectivity index (χ1n) is 14.0. The van der Waals surface area contributed by atoms with Crippen molar-refractivity contribution in [2.75, 3.05) is 7.11 Å². The van der Waals surface area contributed by atoms with Crippen LogP contribution in [0.4, 0.5) is 0 Å². The lowest BCUT2D eigenvalue weighted by molar-refractivity contribution is 0.112. The molecule has 0 amide bonds. The third-order valence-corrected chi connectivity index (χ3v) is 7.09. The average Bonchev–Trinajstić information content (AvgIpc) is 3.52. The summed E-state index contributed by atoms with van der Waals surface area (Å²) in [7, 11) is 1.55. The highest BCUT2D eigenvalue weighted by Gasteiger charge is 2.20. The van der Waals surface area contributed by atoms with Crippen molar-refractivity contribution in [3.63, 3.8) is 0 Å². The number of carbonyl (C=O) groups excluding carboxylic acids is 1. The van der Waals surface area contributed by atoms with Crippen LogP contribution in [0.5, 0.6) is 17.2 Å². The van der Waals surface area contributed by atoms with Gasteiger partial charge in [-0.1, -0.05) is 84.9 Å². The minimum atomic E-state index is 0.420. The van der Waals surface area contributed by atoms with Crippen LogP contribution in [0.1, 0.15) is 21.5 Å². The first-order valence-corrected chi connectivity index (χ1v) is 14.0. The molecule has 43 heavy (non-hydrogen) atoms. The zero-order valence-electron chi connectivity index (χ0n) is 23.7. The van der Waals surface area contributed by atoms with Crippen molar-refractivity contribution in [3.8, 4) is 45.6 Å². The molecular weight excluding hydrogens is 536 g/mol. The molecule has 0 atom stereocenters. The van der Waals surface area contributed by atoms with Crippen molar-refractivity contribution in [1.82, 2.24) is 9.55 Å². The molecule has 0 fully saturated rings. The molecule has 6 nitrogen and oxygen atoms in total. The van der Waals surface area contributed by atoms with Gasteiger partial charge < -0.3 is 14.2 Å². The van der Waals surface area contributed by atoms with Crippen molar-refractivity contribution in [1.29, 1.82) is 0 Å². The first kappa shape index (κ1) is 27.5. The number of carbonyl (C=O) groups is 1. The summed E-state index contributed by atoms with van der Waals surface area (Å²) in [6.07, 6.45) is 2.76. The maximum atomic E-state index is 11.6. The number of nitrogens with zero attached hydrogens (tertiary/aromatic N) is 2. The van der Waals surface area contributed by atoms with Gasteiger partial charge in [0.05, 0.1) is 29.6 Å². The Morgan fingerprint density at radius 2 is 1.21 bits per heavy atom. The second-order valence-electron chi connectivity index (χ2n) is 9.90. The zero-order chi connectivity index (χ0) is 29.4. The van der Waals surface area contributed by atoms with Gasteiger partial charge in [0.1, 0.15) is 36.3 Å². The Kier molecular flexibility index (Phi) is 8.27. The number of aromatic nitrogens is 2.